The Bertz CT molecular complexity index is 340. The van der Waals surface area contributed by atoms with Crippen LogP contribution >= 0.6 is 0 Å². The number of ether oxygens (including phenoxy) is 2. The molecule has 1 aliphatic heterocycles. The summed E-state index contributed by atoms with van der Waals surface area (Å²) in [5.74, 6) is 1.85. The van der Waals surface area contributed by atoms with Crippen LogP contribution in [0.2, 0.25) is 0 Å². The zero-order valence-electron chi connectivity index (χ0n) is 10.2. The second kappa shape index (κ2) is 6.39. The number of hydrogen-bond donors (Lipinski definition) is 1. The monoisotopic (exact) mass is 237 g/mol. The number of nitrogens with zero attached hydrogens (tertiary/aromatic N) is 2. The number of aromatic nitrogens is 2. The Balaban J connectivity index is 1.83. The minimum absolute atomic E-state index is 0.585. The fourth-order valence-corrected chi connectivity index (χ4v) is 1.78. The van der Waals surface area contributed by atoms with Crippen molar-refractivity contribution in [2.45, 2.75) is 19.8 Å². The van der Waals surface area contributed by atoms with E-state index in [-0.39, 0.29) is 0 Å². The Morgan fingerprint density at radius 3 is 3.06 bits per heavy atom. The maximum Gasteiger partial charge on any atom is 0.225 e. The highest BCUT2D eigenvalue weighted by atomic mass is 16.5. The lowest BCUT2D eigenvalue weighted by atomic mass is 10.0. The molecular formula is C12H19N3O2. The van der Waals surface area contributed by atoms with Crippen molar-refractivity contribution in [3.05, 3.63) is 12.3 Å². The molecule has 0 bridgehead atoms. The molecule has 1 fully saturated rings. The summed E-state index contributed by atoms with van der Waals surface area (Å²) in [5, 5.41) is 3.06. The van der Waals surface area contributed by atoms with Crippen LogP contribution in [0.5, 0.6) is 5.88 Å². The normalized spacial score (nSPS) is 16.8. The van der Waals surface area contributed by atoms with E-state index in [0.717, 1.165) is 32.6 Å². The van der Waals surface area contributed by atoms with Crippen LogP contribution in [0.4, 0.5) is 5.95 Å². The fraction of sp³-hybridized carbons (Fsp3) is 0.667. The molecule has 0 unspecified atom stereocenters. The molecule has 94 valence electrons. The van der Waals surface area contributed by atoms with Gasteiger partial charge in [-0.1, -0.05) is 0 Å². The maximum atomic E-state index is 5.69. The van der Waals surface area contributed by atoms with Crippen molar-refractivity contribution in [3.8, 4) is 5.88 Å². The minimum Gasteiger partial charge on any atom is -0.477 e. The van der Waals surface area contributed by atoms with Crippen molar-refractivity contribution in [2.24, 2.45) is 5.92 Å². The predicted octanol–water partition coefficient (Wildman–Crippen LogP) is 1.71. The van der Waals surface area contributed by atoms with E-state index in [0.29, 0.717) is 24.4 Å². The molecule has 5 nitrogen and oxygen atoms in total. The molecule has 5 heteroatoms. The first-order valence-corrected chi connectivity index (χ1v) is 6.16. The predicted molar refractivity (Wildman–Crippen MR) is 65.2 cm³/mol. The van der Waals surface area contributed by atoms with Crippen molar-refractivity contribution in [1.82, 2.24) is 9.97 Å². The zero-order chi connectivity index (χ0) is 11.9. The zero-order valence-corrected chi connectivity index (χ0v) is 10.2. The number of rotatable bonds is 5. The molecule has 0 spiro atoms. The van der Waals surface area contributed by atoms with Crippen LogP contribution < -0.4 is 10.1 Å². The summed E-state index contributed by atoms with van der Waals surface area (Å²) in [6.45, 7) is 5.23. The first-order chi connectivity index (χ1) is 8.38. The summed E-state index contributed by atoms with van der Waals surface area (Å²) >= 11 is 0. The van der Waals surface area contributed by atoms with Crippen molar-refractivity contribution in [3.63, 3.8) is 0 Å². The molecule has 1 aliphatic rings. The van der Waals surface area contributed by atoms with E-state index in [4.69, 9.17) is 9.47 Å². The summed E-state index contributed by atoms with van der Waals surface area (Å²) < 4.78 is 11.0. The lowest BCUT2D eigenvalue weighted by Crippen LogP contribution is -2.21. The third kappa shape index (κ3) is 3.85. The van der Waals surface area contributed by atoms with Gasteiger partial charge < -0.3 is 14.8 Å². The molecule has 2 heterocycles. The van der Waals surface area contributed by atoms with Crippen LogP contribution in [-0.2, 0) is 4.74 Å². The molecule has 17 heavy (non-hydrogen) atoms. The smallest absolute Gasteiger partial charge is 0.225 e. The average molecular weight is 237 g/mol. The average Bonchev–Trinajstić information content (AvgIpc) is 2.39. The van der Waals surface area contributed by atoms with E-state index in [2.05, 4.69) is 15.3 Å². The highest BCUT2D eigenvalue weighted by Gasteiger charge is 2.14. The van der Waals surface area contributed by atoms with E-state index in [1.165, 1.54) is 0 Å². The van der Waals surface area contributed by atoms with Gasteiger partial charge >= 0.3 is 0 Å². The van der Waals surface area contributed by atoms with Gasteiger partial charge in [0.05, 0.1) is 6.61 Å². The topological polar surface area (TPSA) is 56.3 Å². The molecule has 0 amide bonds. The summed E-state index contributed by atoms with van der Waals surface area (Å²) in [6.07, 6.45) is 3.86. The standard InChI is InChI=1S/C12H19N3O2/c1-2-13-12-14-6-3-11(15-12)17-9-10-4-7-16-8-5-10/h3,6,10H,2,4-5,7-9H2,1H3,(H,13,14,15). The van der Waals surface area contributed by atoms with E-state index >= 15 is 0 Å². The van der Waals surface area contributed by atoms with Gasteiger partial charge in [-0.25, -0.2) is 4.98 Å². The highest BCUT2D eigenvalue weighted by molar-refractivity contribution is 5.26. The molecule has 0 atom stereocenters. The van der Waals surface area contributed by atoms with Gasteiger partial charge in [0.25, 0.3) is 0 Å². The third-order valence-corrected chi connectivity index (χ3v) is 2.77. The molecule has 1 saturated heterocycles. The second-order valence-electron chi connectivity index (χ2n) is 4.12. The minimum atomic E-state index is 0.585. The molecule has 2 rings (SSSR count). The van der Waals surface area contributed by atoms with Gasteiger partial charge in [0.2, 0.25) is 11.8 Å². The van der Waals surface area contributed by atoms with Gasteiger partial charge in [-0.05, 0) is 25.7 Å². The Morgan fingerprint density at radius 1 is 1.47 bits per heavy atom. The summed E-state index contributed by atoms with van der Waals surface area (Å²) in [7, 11) is 0. The van der Waals surface area contributed by atoms with Gasteiger partial charge in [-0.2, -0.15) is 4.98 Å². The van der Waals surface area contributed by atoms with Crippen LogP contribution in [-0.4, -0.2) is 36.3 Å². The number of hydrogen-bond acceptors (Lipinski definition) is 5. The van der Waals surface area contributed by atoms with Crippen LogP contribution in [0.3, 0.4) is 0 Å². The summed E-state index contributed by atoms with van der Waals surface area (Å²) in [4.78, 5) is 8.37. The lowest BCUT2D eigenvalue weighted by molar-refractivity contribution is 0.0490. The summed E-state index contributed by atoms with van der Waals surface area (Å²) in [5.41, 5.74) is 0. The van der Waals surface area contributed by atoms with Gasteiger partial charge in [-0.3, -0.25) is 0 Å². The van der Waals surface area contributed by atoms with E-state index < -0.39 is 0 Å². The molecule has 1 N–H and O–H groups in total. The first kappa shape index (κ1) is 12.1. The van der Waals surface area contributed by atoms with E-state index in [9.17, 15) is 0 Å². The van der Waals surface area contributed by atoms with Gasteiger partial charge in [0.15, 0.2) is 0 Å². The van der Waals surface area contributed by atoms with E-state index in [1.807, 2.05) is 6.92 Å². The third-order valence-electron chi connectivity index (χ3n) is 2.77. The molecular weight excluding hydrogens is 218 g/mol. The Labute approximate surface area is 102 Å². The maximum absolute atomic E-state index is 5.69. The molecule has 0 saturated carbocycles. The van der Waals surface area contributed by atoms with Gasteiger partial charge in [-0.15, -0.1) is 0 Å². The van der Waals surface area contributed by atoms with Crippen molar-refractivity contribution < 1.29 is 9.47 Å². The van der Waals surface area contributed by atoms with Crippen molar-refractivity contribution in [2.75, 3.05) is 31.7 Å². The molecule has 1 aromatic heterocycles. The number of nitrogens with one attached hydrogen (secondary N) is 1. The molecule has 1 aromatic rings. The SMILES string of the molecule is CCNc1nccc(OCC2CCOCC2)n1. The highest BCUT2D eigenvalue weighted by Crippen LogP contribution is 2.16. The van der Waals surface area contributed by atoms with E-state index in [1.54, 1.807) is 12.3 Å². The number of anilines is 1. The Kier molecular flexibility index (Phi) is 4.55. The van der Waals surface area contributed by atoms with Crippen molar-refractivity contribution in [1.29, 1.82) is 0 Å². The van der Waals surface area contributed by atoms with Crippen LogP contribution in [0.1, 0.15) is 19.8 Å². The van der Waals surface area contributed by atoms with Crippen LogP contribution in [0.25, 0.3) is 0 Å². The van der Waals surface area contributed by atoms with Crippen LogP contribution in [0, 0.1) is 5.92 Å². The second-order valence-corrected chi connectivity index (χ2v) is 4.12. The Morgan fingerprint density at radius 2 is 2.29 bits per heavy atom. The molecule has 0 radical (unpaired) electrons. The molecule has 0 aromatic carbocycles. The summed E-state index contributed by atoms with van der Waals surface area (Å²) in [6, 6.07) is 1.79. The lowest BCUT2D eigenvalue weighted by Gasteiger charge is -2.21. The van der Waals surface area contributed by atoms with Gasteiger partial charge in [0.1, 0.15) is 0 Å². The quantitative estimate of drug-likeness (QED) is 0.845. The largest absolute Gasteiger partial charge is 0.477 e. The van der Waals surface area contributed by atoms with Crippen LogP contribution in [0.15, 0.2) is 12.3 Å². The fourth-order valence-electron chi connectivity index (χ4n) is 1.78. The van der Waals surface area contributed by atoms with Crippen molar-refractivity contribution >= 4 is 5.95 Å². The molecule has 0 aliphatic carbocycles. The van der Waals surface area contributed by atoms with Gasteiger partial charge in [0, 0.05) is 32.0 Å². The Hall–Kier alpha value is -1.36. The first-order valence-electron chi connectivity index (χ1n) is 6.16.